The van der Waals surface area contributed by atoms with E-state index in [-0.39, 0.29) is 5.91 Å². The average molecular weight is 315 g/mol. The minimum atomic E-state index is 0.0103. The first-order chi connectivity index (χ1) is 10.8. The molecule has 1 aliphatic carbocycles. The van der Waals surface area contributed by atoms with E-state index in [0.717, 1.165) is 30.1 Å². The fourth-order valence-corrected chi connectivity index (χ4v) is 3.99. The van der Waals surface area contributed by atoms with Crippen LogP contribution < -0.4 is 11.1 Å². The van der Waals surface area contributed by atoms with Crippen molar-refractivity contribution in [2.24, 2.45) is 5.73 Å². The predicted octanol–water partition coefficient (Wildman–Crippen LogP) is 3.09. The molecule has 116 valence electrons. The van der Waals surface area contributed by atoms with Crippen molar-refractivity contribution in [2.45, 2.75) is 38.0 Å². The molecule has 1 aliphatic rings. The maximum Gasteiger partial charge on any atom is 0.226 e. The molecule has 1 aromatic heterocycles. The number of benzene rings is 1. The van der Waals surface area contributed by atoms with E-state index in [1.807, 2.05) is 0 Å². The zero-order valence-corrected chi connectivity index (χ0v) is 13.4. The molecule has 1 unspecified atom stereocenters. The second-order valence-electron chi connectivity index (χ2n) is 5.68. The molecule has 0 saturated carbocycles. The van der Waals surface area contributed by atoms with Crippen molar-refractivity contribution in [3.8, 4) is 0 Å². The SMILES string of the molecule is NCCCC(=O)Nc1nc2c(s1)CC(c1ccccc1)CC2. The zero-order valence-electron chi connectivity index (χ0n) is 12.5. The molecular formula is C17H21N3OS. The second-order valence-corrected chi connectivity index (χ2v) is 6.76. The summed E-state index contributed by atoms with van der Waals surface area (Å²) >= 11 is 1.62. The molecule has 1 amide bonds. The Morgan fingerprint density at radius 1 is 1.36 bits per heavy atom. The summed E-state index contributed by atoms with van der Waals surface area (Å²) in [6, 6.07) is 10.7. The van der Waals surface area contributed by atoms with Gasteiger partial charge in [-0.05, 0) is 43.7 Å². The topological polar surface area (TPSA) is 68.0 Å². The molecule has 4 nitrogen and oxygen atoms in total. The fourth-order valence-electron chi connectivity index (χ4n) is 2.88. The van der Waals surface area contributed by atoms with Crippen LogP contribution in [0.1, 0.15) is 41.3 Å². The van der Waals surface area contributed by atoms with Gasteiger partial charge in [0.2, 0.25) is 5.91 Å². The van der Waals surface area contributed by atoms with Gasteiger partial charge in [-0.1, -0.05) is 30.3 Å². The van der Waals surface area contributed by atoms with Crippen LogP contribution >= 0.6 is 11.3 Å². The molecule has 0 spiro atoms. The van der Waals surface area contributed by atoms with Gasteiger partial charge in [-0.25, -0.2) is 4.98 Å². The molecule has 3 N–H and O–H groups in total. The number of hydrogen-bond donors (Lipinski definition) is 2. The summed E-state index contributed by atoms with van der Waals surface area (Å²) in [6.45, 7) is 0.542. The maximum atomic E-state index is 11.8. The van der Waals surface area contributed by atoms with E-state index in [1.54, 1.807) is 11.3 Å². The van der Waals surface area contributed by atoms with Crippen LogP contribution in [0.5, 0.6) is 0 Å². The molecule has 1 atom stereocenters. The van der Waals surface area contributed by atoms with Crippen molar-refractivity contribution in [2.75, 3.05) is 11.9 Å². The molecule has 0 fully saturated rings. The minimum Gasteiger partial charge on any atom is -0.330 e. The van der Waals surface area contributed by atoms with Gasteiger partial charge >= 0.3 is 0 Å². The van der Waals surface area contributed by atoms with Crippen LogP contribution in [-0.4, -0.2) is 17.4 Å². The Kier molecular flexibility index (Phi) is 4.85. The van der Waals surface area contributed by atoms with Crippen molar-refractivity contribution in [1.82, 2.24) is 4.98 Å². The number of nitrogens with two attached hydrogens (primary N) is 1. The van der Waals surface area contributed by atoms with Crippen LogP contribution in [0.15, 0.2) is 30.3 Å². The fraction of sp³-hybridized carbons (Fsp3) is 0.412. The van der Waals surface area contributed by atoms with E-state index in [9.17, 15) is 4.79 Å². The standard InChI is InChI=1S/C17H21N3OS/c18-10-4-7-16(21)20-17-19-14-9-8-13(11-15(14)22-17)12-5-2-1-3-6-12/h1-3,5-6,13H,4,7-11,18H2,(H,19,20,21). The Bertz CT molecular complexity index is 639. The Morgan fingerprint density at radius 3 is 2.95 bits per heavy atom. The molecule has 22 heavy (non-hydrogen) atoms. The van der Waals surface area contributed by atoms with Crippen molar-refractivity contribution >= 4 is 22.4 Å². The van der Waals surface area contributed by atoms with Crippen LogP contribution in [0.4, 0.5) is 5.13 Å². The van der Waals surface area contributed by atoms with E-state index < -0.39 is 0 Å². The van der Waals surface area contributed by atoms with Gasteiger partial charge in [0.05, 0.1) is 5.69 Å². The van der Waals surface area contributed by atoms with E-state index in [0.29, 0.717) is 25.3 Å². The van der Waals surface area contributed by atoms with Gasteiger partial charge < -0.3 is 11.1 Å². The number of aromatic nitrogens is 1. The van der Waals surface area contributed by atoms with Crippen LogP contribution in [0, 0.1) is 0 Å². The van der Waals surface area contributed by atoms with Crippen LogP contribution in [0.2, 0.25) is 0 Å². The maximum absolute atomic E-state index is 11.8. The van der Waals surface area contributed by atoms with Gasteiger partial charge in [0.15, 0.2) is 5.13 Å². The van der Waals surface area contributed by atoms with E-state index >= 15 is 0 Å². The normalized spacial score (nSPS) is 17.0. The summed E-state index contributed by atoms with van der Waals surface area (Å²) in [5, 5.41) is 3.64. The monoisotopic (exact) mass is 315 g/mol. The lowest BCUT2D eigenvalue weighted by atomic mass is 9.85. The lowest BCUT2D eigenvalue weighted by Crippen LogP contribution is -2.13. The molecule has 0 saturated heterocycles. The number of fused-ring (bicyclic) bond motifs is 1. The number of nitrogens with one attached hydrogen (secondary N) is 1. The van der Waals surface area contributed by atoms with Crippen molar-refractivity contribution in [3.05, 3.63) is 46.5 Å². The smallest absolute Gasteiger partial charge is 0.226 e. The van der Waals surface area contributed by atoms with Gasteiger partial charge in [-0.3, -0.25) is 4.79 Å². The molecule has 2 aromatic rings. The number of rotatable bonds is 5. The molecule has 1 heterocycles. The van der Waals surface area contributed by atoms with Crippen molar-refractivity contribution in [1.29, 1.82) is 0 Å². The largest absolute Gasteiger partial charge is 0.330 e. The van der Waals surface area contributed by atoms with Gasteiger partial charge in [-0.15, -0.1) is 11.3 Å². The van der Waals surface area contributed by atoms with Crippen molar-refractivity contribution < 1.29 is 4.79 Å². The Labute approximate surface area is 134 Å². The average Bonchev–Trinajstić information content (AvgIpc) is 2.95. The van der Waals surface area contributed by atoms with E-state index in [4.69, 9.17) is 5.73 Å². The summed E-state index contributed by atoms with van der Waals surface area (Å²) in [4.78, 5) is 17.7. The molecular weight excluding hydrogens is 294 g/mol. The summed E-state index contributed by atoms with van der Waals surface area (Å²) in [5.41, 5.74) is 7.98. The van der Waals surface area contributed by atoms with Gasteiger partial charge in [0.1, 0.15) is 0 Å². The molecule has 3 rings (SSSR count). The number of amides is 1. The Balaban J connectivity index is 1.66. The first kappa shape index (κ1) is 15.2. The quantitative estimate of drug-likeness (QED) is 0.891. The minimum absolute atomic E-state index is 0.0103. The number of anilines is 1. The third-order valence-electron chi connectivity index (χ3n) is 4.06. The summed E-state index contributed by atoms with van der Waals surface area (Å²) < 4.78 is 0. The predicted molar refractivity (Wildman–Crippen MR) is 90.2 cm³/mol. The highest BCUT2D eigenvalue weighted by Gasteiger charge is 2.24. The number of thiazole rings is 1. The summed E-state index contributed by atoms with van der Waals surface area (Å²) in [6.07, 6.45) is 4.32. The van der Waals surface area contributed by atoms with Gasteiger partial charge in [0, 0.05) is 11.3 Å². The Hall–Kier alpha value is -1.72. The highest BCUT2D eigenvalue weighted by Crippen LogP contribution is 2.36. The van der Waals surface area contributed by atoms with Crippen molar-refractivity contribution in [3.63, 3.8) is 0 Å². The Morgan fingerprint density at radius 2 is 2.18 bits per heavy atom. The zero-order chi connectivity index (χ0) is 15.4. The lowest BCUT2D eigenvalue weighted by Gasteiger charge is -2.21. The van der Waals surface area contributed by atoms with E-state index in [2.05, 4.69) is 40.6 Å². The number of aryl methyl sites for hydroxylation is 1. The van der Waals surface area contributed by atoms with Crippen LogP contribution in [0.25, 0.3) is 0 Å². The van der Waals surface area contributed by atoms with Gasteiger partial charge in [-0.2, -0.15) is 0 Å². The third-order valence-corrected chi connectivity index (χ3v) is 5.10. The third kappa shape index (κ3) is 3.54. The summed E-state index contributed by atoms with van der Waals surface area (Å²) in [5.74, 6) is 0.575. The second kappa shape index (κ2) is 7.03. The first-order valence-electron chi connectivity index (χ1n) is 7.79. The number of carbonyl (C=O) groups excluding carboxylic acids is 1. The molecule has 0 aliphatic heterocycles. The lowest BCUT2D eigenvalue weighted by molar-refractivity contribution is -0.116. The number of nitrogens with zero attached hydrogens (tertiary/aromatic N) is 1. The van der Waals surface area contributed by atoms with E-state index in [1.165, 1.54) is 10.4 Å². The summed E-state index contributed by atoms with van der Waals surface area (Å²) in [7, 11) is 0. The number of carbonyl (C=O) groups is 1. The highest BCUT2D eigenvalue weighted by molar-refractivity contribution is 7.15. The first-order valence-corrected chi connectivity index (χ1v) is 8.61. The molecule has 0 radical (unpaired) electrons. The molecule has 0 bridgehead atoms. The van der Waals surface area contributed by atoms with Crippen LogP contribution in [-0.2, 0) is 17.6 Å². The van der Waals surface area contributed by atoms with Crippen LogP contribution in [0.3, 0.4) is 0 Å². The molecule has 5 heteroatoms. The van der Waals surface area contributed by atoms with Gasteiger partial charge in [0.25, 0.3) is 0 Å². The molecule has 1 aromatic carbocycles. The highest BCUT2D eigenvalue weighted by atomic mass is 32.1. The number of hydrogen-bond acceptors (Lipinski definition) is 4.